The number of carbonyl (C=O) groups excluding carboxylic acids is 8. The van der Waals surface area contributed by atoms with E-state index in [0.717, 1.165) is 0 Å². The Bertz CT molecular complexity index is 3940. The minimum atomic E-state index is -0.790. The number of imidazole rings is 2. The first-order valence-electron chi connectivity index (χ1n) is 24.8. The van der Waals surface area contributed by atoms with Crippen molar-refractivity contribution >= 4 is 92.4 Å². The normalized spacial score (nSPS) is 11.5. The maximum Gasteiger partial charge on any atom is 0.291 e. The molecule has 0 bridgehead atoms. The summed E-state index contributed by atoms with van der Waals surface area (Å²) in [5.41, 5.74) is 9.86. The van der Waals surface area contributed by atoms with Crippen LogP contribution < -0.4 is 48.3 Å². The van der Waals surface area contributed by atoms with Gasteiger partial charge in [-0.05, 0) is 54.6 Å². The van der Waals surface area contributed by atoms with Gasteiger partial charge in [0.05, 0.1) is 50.9 Å². The summed E-state index contributed by atoms with van der Waals surface area (Å²) >= 11 is 0. The van der Waals surface area contributed by atoms with Crippen molar-refractivity contribution < 1.29 is 44.1 Å². The molecule has 9 rings (SSSR count). The standard InChI is InChI=1S/C53H57N19O8/c1-55-48(75)39-17-32(25-68(39)4)60-51(78)42-20-34(27-71(42)7)62-52(79)43-21-33(26-72(43)8)61-50(77)41-19-31(24-70(41)6)59-47(74)35(54)11-12-57-49(76)40-18-30(23-69(40)5)58-46(73)28-9-10-36-37(15-28)65-44(64-36)38-16-29(22-67(38)3)63-53(80)45-56-13-14-66(45)2/h9-10,13-27,35H,11-12,54H2,1-8H3,(H,55,75)(H,57,76)(H,58,73)(H,59,74)(H,60,78)(H,61,77)(H,62,79)(H,63,80)(H,64,65)/p+1. The van der Waals surface area contributed by atoms with Crippen LogP contribution in [-0.4, -0.2) is 114 Å². The third kappa shape index (κ3) is 11.5. The van der Waals surface area contributed by atoms with Crippen molar-refractivity contribution in [1.29, 1.82) is 0 Å². The summed E-state index contributed by atoms with van der Waals surface area (Å²) in [5, 5.41) is 22.1. The Kier molecular flexibility index (Phi) is 14.9. The molecule has 0 saturated carbocycles. The minimum Gasteiger partial charge on any atom is -0.354 e. The van der Waals surface area contributed by atoms with Gasteiger partial charge in [0.2, 0.25) is 0 Å². The van der Waals surface area contributed by atoms with Gasteiger partial charge in [0.25, 0.3) is 47.3 Å². The van der Waals surface area contributed by atoms with Crippen molar-refractivity contribution in [1.82, 2.24) is 57.6 Å². The smallest absolute Gasteiger partial charge is 0.291 e. The van der Waals surface area contributed by atoms with Gasteiger partial charge < -0.3 is 85.2 Å². The van der Waals surface area contributed by atoms with Crippen LogP contribution >= 0.6 is 0 Å². The third-order valence-corrected chi connectivity index (χ3v) is 13.1. The molecule has 1 aromatic carbocycles. The molecule has 412 valence electrons. The fraction of sp³-hybridized carbons (Fsp3) is 0.208. The predicted octanol–water partition coefficient (Wildman–Crippen LogP) is 2.98. The zero-order valence-electron chi connectivity index (χ0n) is 44.8. The molecule has 27 heteroatoms. The van der Waals surface area contributed by atoms with E-state index in [9.17, 15) is 38.4 Å². The summed E-state index contributed by atoms with van der Waals surface area (Å²) in [7, 11) is 13.3. The number of aromatic nitrogens is 10. The Hall–Kier alpha value is -10.7. The summed E-state index contributed by atoms with van der Waals surface area (Å²) in [5.74, 6) is -2.65. The second-order valence-corrected chi connectivity index (χ2v) is 19.1. The van der Waals surface area contributed by atoms with Crippen LogP contribution in [-0.2, 0) is 54.1 Å². The molecule has 0 aliphatic carbocycles. The predicted molar refractivity (Wildman–Crippen MR) is 296 cm³/mol. The number of aromatic amines is 1. The molecule has 0 aliphatic heterocycles. The van der Waals surface area contributed by atoms with Crippen LogP contribution in [0.25, 0.3) is 22.6 Å². The van der Waals surface area contributed by atoms with E-state index in [2.05, 4.69) is 63.2 Å². The first-order chi connectivity index (χ1) is 38.1. The lowest BCUT2D eigenvalue weighted by Crippen LogP contribution is -2.67. The number of benzene rings is 1. The molecule has 0 spiro atoms. The van der Waals surface area contributed by atoms with Crippen LogP contribution in [0, 0.1) is 0 Å². The second-order valence-electron chi connectivity index (χ2n) is 19.1. The van der Waals surface area contributed by atoms with Crippen molar-refractivity contribution in [3.63, 3.8) is 0 Å². The highest BCUT2D eigenvalue weighted by atomic mass is 16.2. The van der Waals surface area contributed by atoms with Gasteiger partial charge in [0, 0.05) is 124 Å². The summed E-state index contributed by atoms with van der Waals surface area (Å²) in [6, 6.07) is 13.6. The van der Waals surface area contributed by atoms with Gasteiger partial charge in [-0.3, -0.25) is 38.4 Å². The van der Waals surface area contributed by atoms with Crippen molar-refractivity contribution in [3.05, 3.63) is 144 Å². The summed E-state index contributed by atoms with van der Waals surface area (Å²) in [6.07, 6.45) is 13.1. The maximum absolute atomic E-state index is 13.5. The number of carbonyl (C=O) groups is 8. The fourth-order valence-electron chi connectivity index (χ4n) is 8.95. The lowest BCUT2D eigenvalue weighted by Gasteiger charge is -2.10. The quantitative estimate of drug-likeness (QED) is 0.0599. The number of hydrogen-bond donors (Lipinski definition) is 10. The van der Waals surface area contributed by atoms with Crippen molar-refractivity contribution in [2.45, 2.75) is 12.5 Å². The van der Waals surface area contributed by atoms with Gasteiger partial charge in [0.1, 0.15) is 28.5 Å². The van der Waals surface area contributed by atoms with E-state index in [1.807, 2.05) is 11.6 Å². The molecule has 9 aromatic rings. The monoisotopic (exact) mass is 1090 g/mol. The van der Waals surface area contributed by atoms with E-state index in [-0.39, 0.29) is 53.4 Å². The van der Waals surface area contributed by atoms with Crippen LogP contribution in [0.5, 0.6) is 0 Å². The number of nitrogens with zero attached hydrogens (tertiary/aromatic N) is 9. The SMILES string of the molecule is CNC(=O)c1cc(NC(=O)c2cc(NC(=O)c3cc(NC(=O)c4cc(NC(=O)C([NH3+])CCNC(=O)c5cc(NC(=O)c6ccc7nc(-c8cc(NC(=O)c9nccn9C)cn8C)[nH]c7c6)cn5C)cn4C)cn3C)cn2C)cn1C. The van der Waals surface area contributed by atoms with Crippen LogP contribution in [0.15, 0.2) is 104 Å². The van der Waals surface area contributed by atoms with Gasteiger partial charge in [0.15, 0.2) is 17.7 Å². The first-order valence-corrected chi connectivity index (χ1v) is 24.8. The molecule has 0 radical (unpaired) electrons. The van der Waals surface area contributed by atoms with Crippen molar-refractivity contribution in [2.75, 3.05) is 45.5 Å². The molecule has 1 unspecified atom stereocenters. The molecule has 1 atom stereocenters. The van der Waals surface area contributed by atoms with E-state index in [4.69, 9.17) is 0 Å². The first kappa shape index (κ1) is 54.1. The Balaban J connectivity index is 0.728. The average Bonchev–Trinajstić information content (AvgIpc) is 4.33. The van der Waals surface area contributed by atoms with Crippen LogP contribution in [0.3, 0.4) is 0 Å². The Morgan fingerprint density at radius 1 is 0.512 bits per heavy atom. The topological polar surface area (TPSA) is 337 Å². The number of amides is 8. The number of hydrogen-bond acceptors (Lipinski definition) is 10. The molecule has 27 nitrogen and oxygen atoms in total. The molecule has 80 heavy (non-hydrogen) atoms. The largest absolute Gasteiger partial charge is 0.354 e. The van der Waals surface area contributed by atoms with Gasteiger partial charge in [-0.1, -0.05) is 0 Å². The fourth-order valence-corrected chi connectivity index (χ4v) is 8.95. The number of H-pyrrole nitrogens is 1. The number of rotatable bonds is 18. The zero-order valence-corrected chi connectivity index (χ0v) is 44.8. The van der Waals surface area contributed by atoms with E-state index in [1.165, 1.54) is 40.4 Å². The van der Waals surface area contributed by atoms with Gasteiger partial charge >= 0.3 is 0 Å². The maximum atomic E-state index is 13.5. The number of fused-ring (bicyclic) bond motifs is 1. The Morgan fingerprint density at radius 3 is 1.44 bits per heavy atom. The van der Waals surface area contributed by atoms with Gasteiger partial charge in [-0.2, -0.15) is 0 Å². The van der Waals surface area contributed by atoms with E-state index in [0.29, 0.717) is 67.9 Å². The highest BCUT2D eigenvalue weighted by Gasteiger charge is 2.24. The van der Waals surface area contributed by atoms with Crippen LogP contribution in [0.4, 0.5) is 34.1 Å². The Morgan fingerprint density at radius 2 is 0.950 bits per heavy atom. The molecule has 12 N–H and O–H groups in total. The summed E-state index contributed by atoms with van der Waals surface area (Å²) in [4.78, 5) is 117. The highest BCUT2D eigenvalue weighted by molar-refractivity contribution is 6.10. The lowest BCUT2D eigenvalue weighted by molar-refractivity contribution is -0.403. The molecule has 8 aromatic heterocycles. The van der Waals surface area contributed by atoms with E-state index in [1.54, 1.807) is 140 Å². The number of quaternary nitrogens is 1. The molecule has 0 fully saturated rings. The number of anilines is 6. The minimum absolute atomic E-state index is 0.101. The number of nitrogens with one attached hydrogen (secondary N) is 9. The molecular weight excluding hydrogens is 1030 g/mol. The van der Waals surface area contributed by atoms with Crippen molar-refractivity contribution in [2.24, 2.45) is 49.3 Å². The molecule has 8 amide bonds. The number of aryl methyl sites for hydroxylation is 7. The van der Waals surface area contributed by atoms with Crippen molar-refractivity contribution in [3.8, 4) is 11.5 Å². The molecule has 0 aliphatic rings. The van der Waals surface area contributed by atoms with Gasteiger partial charge in [-0.15, -0.1) is 0 Å². The molecule has 0 saturated heterocycles. The van der Waals surface area contributed by atoms with E-state index < -0.39 is 41.5 Å². The zero-order chi connectivity index (χ0) is 57.3. The second kappa shape index (κ2) is 22.1. The molecule has 8 heterocycles. The van der Waals surface area contributed by atoms with Crippen LogP contribution in [0.1, 0.15) is 79.8 Å². The third-order valence-electron chi connectivity index (χ3n) is 13.1. The molecular formula is C53H58N19O8+. The summed E-state index contributed by atoms with van der Waals surface area (Å²) < 4.78 is 11.2. The Labute approximate surface area is 455 Å². The van der Waals surface area contributed by atoms with Gasteiger partial charge in [-0.25, -0.2) is 9.97 Å². The van der Waals surface area contributed by atoms with E-state index >= 15 is 0 Å². The highest BCUT2D eigenvalue weighted by Crippen LogP contribution is 2.27. The lowest BCUT2D eigenvalue weighted by atomic mass is 10.2. The van der Waals surface area contributed by atoms with Crippen LogP contribution in [0.2, 0.25) is 0 Å². The summed E-state index contributed by atoms with van der Waals surface area (Å²) in [6.45, 7) is 0.101. The average molecular weight is 1090 g/mol.